The van der Waals surface area contributed by atoms with E-state index in [4.69, 9.17) is 4.74 Å². The number of anilines is 1. The number of benzene rings is 2. The first-order valence-corrected chi connectivity index (χ1v) is 13.5. The van der Waals surface area contributed by atoms with Gasteiger partial charge in [-0.15, -0.1) is 0 Å². The predicted molar refractivity (Wildman–Crippen MR) is 137 cm³/mol. The van der Waals surface area contributed by atoms with E-state index in [1.807, 2.05) is 60.8 Å². The molecule has 0 bridgehead atoms. The molecule has 1 atom stereocenters. The Morgan fingerprint density at radius 1 is 1.03 bits per heavy atom. The Kier molecular flexibility index (Phi) is 7.30. The molecule has 2 aliphatic rings. The SMILES string of the molecule is N#Cc1ccc2c(c1)CN(S(=O)(=O)N1CCOCC1)[C@H](Cc1ccccc1)CN2Cc1cccnc1. The third-order valence-corrected chi connectivity index (χ3v) is 8.75. The summed E-state index contributed by atoms with van der Waals surface area (Å²) in [6.45, 7) is 2.74. The summed E-state index contributed by atoms with van der Waals surface area (Å²) in [7, 11) is -3.77. The van der Waals surface area contributed by atoms with Crippen LogP contribution in [-0.2, 0) is 34.5 Å². The quantitative estimate of drug-likeness (QED) is 0.514. The molecule has 3 heterocycles. The lowest BCUT2D eigenvalue weighted by molar-refractivity contribution is 0.0690. The van der Waals surface area contributed by atoms with E-state index < -0.39 is 10.2 Å². The maximum atomic E-state index is 14.0. The number of hydrogen-bond acceptors (Lipinski definition) is 6. The van der Waals surface area contributed by atoms with Gasteiger partial charge in [0.15, 0.2) is 0 Å². The van der Waals surface area contributed by atoms with Crippen LogP contribution in [0.3, 0.4) is 0 Å². The molecule has 0 N–H and O–H groups in total. The summed E-state index contributed by atoms with van der Waals surface area (Å²) >= 11 is 0. The number of pyridine rings is 1. The van der Waals surface area contributed by atoms with Crippen molar-refractivity contribution in [2.45, 2.75) is 25.6 Å². The first-order valence-electron chi connectivity index (χ1n) is 12.1. The zero-order valence-corrected chi connectivity index (χ0v) is 20.8. The van der Waals surface area contributed by atoms with Crippen LogP contribution < -0.4 is 4.90 Å². The minimum Gasteiger partial charge on any atom is -0.379 e. The monoisotopic (exact) mass is 503 g/mol. The third-order valence-electron chi connectivity index (χ3n) is 6.72. The third kappa shape index (κ3) is 5.27. The molecule has 0 amide bonds. The maximum Gasteiger partial charge on any atom is 0.282 e. The van der Waals surface area contributed by atoms with Crippen LogP contribution in [0.5, 0.6) is 0 Å². The number of aromatic nitrogens is 1. The molecular formula is C27H29N5O3S. The van der Waals surface area contributed by atoms with E-state index in [2.05, 4.69) is 16.0 Å². The van der Waals surface area contributed by atoms with Crippen LogP contribution in [0, 0.1) is 11.3 Å². The molecule has 2 aliphatic heterocycles. The first-order chi connectivity index (χ1) is 17.5. The summed E-state index contributed by atoms with van der Waals surface area (Å²) in [6, 6.07) is 21.4. The van der Waals surface area contributed by atoms with E-state index in [0.717, 1.165) is 22.4 Å². The predicted octanol–water partition coefficient (Wildman–Crippen LogP) is 2.96. The van der Waals surface area contributed by atoms with Gasteiger partial charge in [-0.25, -0.2) is 0 Å². The van der Waals surface area contributed by atoms with Gasteiger partial charge in [0.1, 0.15) is 0 Å². The van der Waals surface area contributed by atoms with E-state index in [0.29, 0.717) is 51.4 Å². The summed E-state index contributed by atoms with van der Waals surface area (Å²) in [5.41, 5.74) is 4.40. The average molecular weight is 504 g/mol. The second-order valence-corrected chi connectivity index (χ2v) is 11.0. The molecule has 8 nitrogen and oxygen atoms in total. The molecular weight excluding hydrogens is 474 g/mol. The highest BCUT2D eigenvalue weighted by Crippen LogP contribution is 2.33. The molecule has 36 heavy (non-hydrogen) atoms. The van der Waals surface area contributed by atoms with Crippen molar-refractivity contribution in [3.8, 4) is 6.07 Å². The van der Waals surface area contributed by atoms with Crippen LogP contribution in [0.1, 0.15) is 22.3 Å². The number of ether oxygens (including phenoxy) is 1. The van der Waals surface area contributed by atoms with Crippen LogP contribution in [0.15, 0.2) is 73.1 Å². The van der Waals surface area contributed by atoms with Gasteiger partial charge in [-0.05, 0) is 47.4 Å². The number of fused-ring (bicyclic) bond motifs is 1. The number of hydrogen-bond donors (Lipinski definition) is 0. The Morgan fingerprint density at radius 2 is 1.81 bits per heavy atom. The van der Waals surface area contributed by atoms with Crippen LogP contribution in [-0.4, -0.2) is 60.9 Å². The smallest absolute Gasteiger partial charge is 0.282 e. The van der Waals surface area contributed by atoms with E-state index >= 15 is 0 Å². The van der Waals surface area contributed by atoms with Gasteiger partial charge in [-0.3, -0.25) is 4.98 Å². The largest absolute Gasteiger partial charge is 0.379 e. The lowest BCUT2D eigenvalue weighted by Gasteiger charge is -2.36. The molecule has 1 saturated heterocycles. The molecule has 0 spiro atoms. The van der Waals surface area contributed by atoms with Crippen molar-refractivity contribution < 1.29 is 13.2 Å². The lowest BCUT2D eigenvalue weighted by atomic mass is 10.1. The minimum atomic E-state index is -3.77. The van der Waals surface area contributed by atoms with Gasteiger partial charge in [0.25, 0.3) is 10.2 Å². The van der Waals surface area contributed by atoms with Gasteiger partial charge in [-0.1, -0.05) is 36.4 Å². The van der Waals surface area contributed by atoms with Crippen LogP contribution >= 0.6 is 0 Å². The summed E-state index contributed by atoms with van der Waals surface area (Å²) in [6.07, 6.45) is 4.16. The molecule has 0 aliphatic carbocycles. The number of nitrogens with zero attached hydrogens (tertiary/aromatic N) is 5. The second-order valence-electron chi connectivity index (χ2n) is 9.11. The Labute approximate surface area is 212 Å². The Morgan fingerprint density at radius 3 is 2.53 bits per heavy atom. The Hall–Kier alpha value is -3.29. The van der Waals surface area contributed by atoms with Crippen molar-refractivity contribution in [1.82, 2.24) is 13.6 Å². The number of nitriles is 1. The van der Waals surface area contributed by atoms with Gasteiger partial charge < -0.3 is 9.64 Å². The summed E-state index contributed by atoms with van der Waals surface area (Å²) in [4.78, 5) is 6.48. The Balaban J connectivity index is 1.58. The van der Waals surface area contributed by atoms with Crippen molar-refractivity contribution in [3.63, 3.8) is 0 Å². The standard InChI is InChI=1S/C27H29N5O3S/c28-17-23-8-9-27-25(15-23)20-32(36(33,34)31-11-13-35-14-12-31)26(16-22-5-2-1-3-6-22)21-30(27)19-24-7-4-10-29-18-24/h1-10,15,18,26H,11-14,16,19-21H2/t26-/m1/s1. The maximum absolute atomic E-state index is 14.0. The molecule has 5 rings (SSSR count). The van der Waals surface area contributed by atoms with E-state index in [-0.39, 0.29) is 12.6 Å². The van der Waals surface area contributed by atoms with Crippen molar-refractivity contribution >= 4 is 15.9 Å². The highest BCUT2D eigenvalue weighted by Gasteiger charge is 2.39. The lowest BCUT2D eigenvalue weighted by Crippen LogP contribution is -2.53. The summed E-state index contributed by atoms with van der Waals surface area (Å²) < 4.78 is 36.6. The van der Waals surface area contributed by atoms with E-state index in [9.17, 15) is 13.7 Å². The number of morpholine rings is 1. The zero-order chi connectivity index (χ0) is 25.0. The van der Waals surface area contributed by atoms with E-state index in [1.54, 1.807) is 16.6 Å². The molecule has 0 radical (unpaired) electrons. The van der Waals surface area contributed by atoms with Crippen molar-refractivity contribution in [2.75, 3.05) is 37.7 Å². The van der Waals surface area contributed by atoms with Crippen LogP contribution in [0.4, 0.5) is 5.69 Å². The average Bonchev–Trinajstić information content (AvgIpc) is 3.07. The molecule has 3 aromatic rings. The fourth-order valence-electron chi connectivity index (χ4n) is 4.94. The highest BCUT2D eigenvalue weighted by molar-refractivity contribution is 7.86. The molecule has 1 aromatic heterocycles. The molecule has 9 heteroatoms. The summed E-state index contributed by atoms with van der Waals surface area (Å²) in [5.74, 6) is 0. The first kappa shape index (κ1) is 24.4. The molecule has 0 saturated carbocycles. The zero-order valence-electron chi connectivity index (χ0n) is 20.0. The van der Waals surface area contributed by atoms with Gasteiger partial charge in [0.05, 0.1) is 24.8 Å². The van der Waals surface area contributed by atoms with Crippen LogP contribution in [0.2, 0.25) is 0 Å². The molecule has 186 valence electrons. The fraction of sp³-hybridized carbons (Fsp3) is 0.333. The normalized spacial score (nSPS) is 19.3. The van der Waals surface area contributed by atoms with E-state index in [1.165, 1.54) is 4.31 Å². The fourth-order valence-corrected chi connectivity index (χ4v) is 6.67. The minimum absolute atomic E-state index is 0.200. The summed E-state index contributed by atoms with van der Waals surface area (Å²) in [5, 5.41) is 9.56. The van der Waals surface area contributed by atoms with Crippen LogP contribution in [0.25, 0.3) is 0 Å². The topological polar surface area (TPSA) is 89.8 Å². The van der Waals surface area contributed by atoms with Crippen molar-refractivity contribution in [2.24, 2.45) is 0 Å². The van der Waals surface area contributed by atoms with Gasteiger partial charge in [0, 0.05) is 56.8 Å². The van der Waals surface area contributed by atoms with Gasteiger partial charge >= 0.3 is 0 Å². The van der Waals surface area contributed by atoms with Gasteiger partial charge in [0.2, 0.25) is 0 Å². The molecule has 0 unspecified atom stereocenters. The van der Waals surface area contributed by atoms with Crippen molar-refractivity contribution in [1.29, 1.82) is 5.26 Å². The second kappa shape index (κ2) is 10.8. The number of rotatable bonds is 6. The molecule has 1 fully saturated rings. The highest BCUT2D eigenvalue weighted by atomic mass is 32.2. The van der Waals surface area contributed by atoms with Gasteiger partial charge in [-0.2, -0.15) is 22.3 Å². The Bertz CT molecular complexity index is 1320. The molecule has 2 aromatic carbocycles. The van der Waals surface area contributed by atoms with Crippen molar-refractivity contribution in [3.05, 3.63) is 95.3 Å².